The average Bonchev–Trinajstić information content (AvgIpc) is 3.68. The SMILES string of the molecule is CCCCCCCCCCCCCCCCCC([O-])=C1C=CC=C1.COC(=O)CCCCC([O-])=C1C=CC=C1.[Fe+2]. The van der Waals surface area contributed by atoms with Gasteiger partial charge in [0.2, 0.25) is 0 Å². The Kier molecular flexibility index (Phi) is 25.9. The molecule has 4 nitrogen and oxygen atoms in total. The predicted molar refractivity (Wildman–Crippen MR) is 161 cm³/mol. The van der Waals surface area contributed by atoms with Crippen molar-refractivity contribution < 1.29 is 36.8 Å². The number of carbonyl (C=O) groups excluding carboxylic acids is 1. The van der Waals surface area contributed by atoms with Gasteiger partial charge < -0.3 is 14.9 Å². The minimum atomic E-state index is -0.212. The van der Waals surface area contributed by atoms with Crippen molar-refractivity contribution in [2.45, 2.75) is 135 Å². The zero-order valence-corrected chi connectivity index (χ0v) is 26.4. The summed E-state index contributed by atoms with van der Waals surface area (Å²) in [5.74, 6) is 0.246. The van der Waals surface area contributed by atoms with Crippen LogP contribution in [-0.4, -0.2) is 13.1 Å². The van der Waals surface area contributed by atoms with Gasteiger partial charge in [-0.1, -0.05) is 152 Å². The molecule has 0 aromatic carbocycles. The van der Waals surface area contributed by atoms with Crippen molar-refractivity contribution >= 4 is 5.97 Å². The minimum Gasteiger partial charge on any atom is -0.875 e. The van der Waals surface area contributed by atoms with Crippen LogP contribution in [0, 0.1) is 0 Å². The molecule has 0 radical (unpaired) electrons. The van der Waals surface area contributed by atoms with E-state index in [-0.39, 0.29) is 28.8 Å². The molecule has 2 rings (SSSR count). The Morgan fingerprint density at radius 3 is 1.20 bits per heavy atom. The fourth-order valence-corrected chi connectivity index (χ4v) is 4.72. The number of methoxy groups -OCH3 is 1. The summed E-state index contributed by atoms with van der Waals surface area (Å²) in [4.78, 5) is 10.8. The van der Waals surface area contributed by atoms with Gasteiger partial charge in [-0.05, 0) is 36.8 Å². The fraction of sp³-hybridized carbons (Fsp3) is 0.629. The Balaban J connectivity index is 0.000000819. The Labute approximate surface area is 255 Å². The van der Waals surface area contributed by atoms with E-state index in [0.717, 1.165) is 30.4 Å². The summed E-state index contributed by atoms with van der Waals surface area (Å²) in [5, 5.41) is 23.3. The second kappa shape index (κ2) is 27.2. The Morgan fingerprint density at radius 2 is 0.850 bits per heavy atom. The summed E-state index contributed by atoms with van der Waals surface area (Å²) < 4.78 is 4.51. The van der Waals surface area contributed by atoms with Crippen LogP contribution in [0.25, 0.3) is 0 Å². The van der Waals surface area contributed by atoms with Crippen molar-refractivity contribution in [1.29, 1.82) is 0 Å². The summed E-state index contributed by atoms with van der Waals surface area (Å²) in [6.45, 7) is 2.28. The standard InChI is InChI=1S/C23H40O.C12H16O3.Fe/c1-2-3-4-5-6-7-8-9-10-11-12-13-14-15-16-21-23(24)22-19-17-18-20-22;1-15-12(14)9-5-4-8-11(13)10-6-2-3-7-10;/h17-20,24H,2-16,21H2,1H3;2-3,6-7,13H,4-5,8-9H2,1H3;/q;;+2/p-2. The van der Waals surface area contributed by atoms with Gasteiger partial charge in [-0.3, -0.25) is 4.79 Å². The van der Waals surface area contributed by atoms with Crippen molar-refractivity contribution in [3.63, 3.8) is 0 Å². The van der Waals surface area contributed by atoms with Crippen LogP contribution in [0.15, 0.2) is 71.3 Å². The summed E-state index contributed by atoms with van der Waals surface area (Å²) >= 11 is 0. The molecule has 0 aromatic rings. The van der Waals surface area contributed by atoms with Gasteiger partial charge >= 0.3 is 23.0 Å². The van der Waals surface area contributed by atoms with Crippen molar-refractivity contribution in [2.75, 3.05) is 7.11 Å². The van der Waals surface area contributed by atoms with Crippen LogP contribution in [0.2, 0.25) is 0 Å². The first kappa shape index (κ1) is 38.0. The molecule has 226 valence electrons. The maximum Gasteiger partial charge on any atom is 2.00 e. The van der Waals surface area contributed by atoms with E-state index in [4.69, 9.17) is 0 Å². The average molecular weight is 595 g/mol. The van der Waals surface area contributed by atoms with Gasteiger partial charge in [0.05, 0.1) is 7.11 Å². The number of carbonyl (C=O) groups is 1. The topological polar surface area (TPSA) is 72.4 Å². The molecule has 2 aliphatic carbocycles. The maximum atomic E-state index is 11.8. The number of unbranched alkanes of at least 4 members (excludes halogenated alkanes) is 15. The van der Waals surface area contributed by atoms with E-state index < -0.39 is 0 Å². The fourth-order valence-electron chi connectivity index (χ4n) is 4.72. The molecular weight excluding hydrogens is 540 g/mol. The van der Waals surface area contributed by atoms with Crippen LogP contribution in [0.1, 0.15) is 135 Å². The van der Waals surface area contributed by atoms with E-state index >= 15 is 0 Å². The monoisotopic (exact) mass is 594 g/mol. The number of allylic oxidation sites excluding steroid dienone is 12. The second-order valence-corrected chi connectivity index (χ2v) is 10.7. The number of ether oxygens (including phenoxy) is 1. The van der Waals surface area contributed by atoms with Crippen molar-refractivity contribution in [1.82, 2.24) is 0 Å². The molecule has 0 aliphatic heterocycles. The molecule has 0 saturated carbocycles. The largest absolute Gasteiger partial charge is 2.00 e. The predicted octanol–water partition coefficient (Wildman–Crippen LogP) is 8.45. The zero-order valence-electron chi connectivity index (χ0n) is 25.2. The van der Waals surface area contributed by atoms with E-state index in [1.807, 2.05) is 48.6 Å². The maximum absolute atomic E-state index is 11.8. The third kappa shape index (κ3) is 20.9. The number of rotatable bonds is 21. The third-order valence-corrected chi connectivity index (χ3v) is 7.24. The van der Waals surface area contributed by atoms with E-state index in [9.17, 15) is 15.0 Å². The van der Waals surface area contributed by atoms with Gasteiger partial charge in [-0.2, -0.15) is 0 Å². The molecule has 0 N–H and O–H groups in total. The van der Waals surface area contributed by atoms with Crippen LogP contribution >= 0.6 is 0 Å². The van der Waals surface area contributed by atoms with Gasteiger partial charge in [0.1, 0.15) is 0 Å². The summed E-state index contributed by atoms with van der Waals surface area (Å²) in [6.07, 6.45) is 38.7. The molecule has 0 unspecified atom stereocenters. The molecule has 0 spiro atoms. The molecule has 40 heavy (non-hydrogen) atoms. The van der Waals surface area contributed by atoms with Gasteiger partial charge in [-0.15, -0.1) is 11.5 Å². The molecule has 2 aliphatic rings. The van der Waals surface area contributed by atoms with Gasteiger partial charge in [-0.25, -0.2) is 0 Å². The van der Waals surface area contributed by atoms with Crippen LogP contribution in [-0.2, 0) is 26.6 Å². The van der Waals surface area contributed by atoms with Crippen LogP contribution in [0.5, 0.6) is 0 Å². The Hall–Kier alpha value is -1.97. The first-order valence-corrected chi connectivity index (χ1v) is 15.6. The second-order valence-electron chi connectivity index (χ2n) is 10.7. The van der Waals surface area contributed by atoms with Crippen LogP contribution < -0.4 is 10.2 Å². The summed E-state index contributed by atoms with van der Waals surface area (Å²) in [5.41, 5.74) is 1.65. The summed E-state index contributed by atoms with van der Waals surface area (Å²) in [6, 6.07) is 0. The molecule has 0 heterocycles. The van der Waals surface area contributed by atoms with E-state index in [2.05, 4.69) is 11.7 Å². The number of esters is 1. The van der Waals surface area contributed by atoms with Gasteiger partial charge in [0.25, 0.3) is 0 Å². The molecule has 5 heteroatoms. The number of hydrogen-bond donors (Lipinski definition) is 0. The third-order valence-electron chi connectivity index (χ3n) is 7.24. The van der Waals surface area contributed by atoms with Crippen molar-refractivity contribution in [3.8, 4) is 0 Å². The molecule has 0 amide bonds. The quantitative estimate of drug-likeness (QED) is 0.0579. The normalized spacial score (nSPS) is 12.8. The van der Waals surface area contributed by atoms with E-state index in [0.29, 0.717) is 25.0 Å². The Morgan fingerprint density at radius 1 is 0.550 bits per heavy atom. The van der Waals surface area contributed by atoms with Crippen LogP contribution in [0.3, 0.4) is 0 Å². The van der Waals surface area contributed by atoms with Crippen molar-refractivity contribution in [2.24, 2.45) is 0 Å². The van der Waals surface area contributed by atoms with Gasteiger partial charge in [0, 0.05) is 6.42 Å². The smallest absolute Gasteiger partial charge is 0.875 e. The first-order chi connectivity index (χ1) is 19.1. The first-order valence-electron chi connectivity index (χ1n) is 15.6. The molecule has 0 aromatic heterocycles. The molecule has 0 atom stereocenters. The molecule has 0 bridgehead atoms. The van der Waals surface area contributed by atoms with E-state index in [1.54, 1.807) is 0 Å². The molecule has 0 saturated heterocycles. The van der Waals surface area contributed by atoms with Gasteiger partial charge in [0.15, 0.2) is 0 Å². The number of hydrogen-bond acceptors (Lipinski definition) is 4. The molecule has 0 fully saturated rings. The zero-order chi connectivity index (χ0) is 28.4. The Bertz CT molecular complexity index is 804. The van der Waals surface area contributed by atoms with Crippen LogP contribution in [0.4, 0.5) is 0 Å². The minimum absolute atomic E-state index is 0. The summed E-state index contributed by atoms with van der Waals surface area (Å²) in [7, 11) is 1.37. The van der Waals surface area contributed by atoms with E-state index in [1.165, 1.54) is 97.0 Å². The van der Waals surface area contributed by atoms with Crippen molar-refractivity contribution in [3.05, 3.63) is 71.3 Å². The molecular formula is C35H54FeO4.